The maximum Gasteiger partial charge on any atom is 0.232 e. The second kappa shape index (κ2) is 5.32. The molecule has 92 valence electrons. The van der Waals surface area contributed by atoms with Crippen LogP contribution >= 0.6 is 0 Å². The van der Waals surface area contributed by atoms with Crippen LogP contribution in [0.3, 0.4) is 0 Å². The molecular formula is C13H12FN3O. The van der Waals surface area contributed by atoms with Crippen LogP contribution < -0.4 is 0 Å². The second-order valence-corrected chi connectivity index (χ2v) is 3.93. The number of imidazole rings is 1. The van der Waals surface area contributed by atoms with Gasteiger partial charge in [0.25, 0.3) is 0 Å². The quantitative estimate of drug-likeness (QED) is 0.774. The summed E-state index contributed by atoms with van der Waals surface area (Å²) in [7, 11) is 0. The van der Waals surface area contributed by atoms with E-state index in [0.717, 1.165) is 25.1 Å². The molecule has 0 amide bonds. The van der Waals surface area contributed by atoms with Crippen molar-refractivity contribution in [3.8, 4) is 11.9 Å². The zero-order valence-corrected chi connectivity index (χ0v) is 9.67. The summed E-state index contributed by atoms with van der Waals surface area (Å²) in [4.78, 5) is 3.76. The molecule has 0 bridgehead atoms. The number of rotatable bonds is 0. The van der Waals surface area contributed by atoms with E-state index in [2.05, 4.69) is 4.98 Å². The fourth-order valence-corrected chi connectivity index (χ4v) is 1.82. The van der Waals surface area contributed by atoms with Gasteiger partial charge >= 0.3 is 0 Å². The summed E-state index contributed by atoms with van der Waals surface area (Å²) < 4.78 is 14.2. The Bertz CT molecular complexity index is 586. The van der Waals surface area contributed by atoms with Gasteiger partial charge in [0, 0.05) is 6.54 Å². The van der Waals surface area contributed by atoms with E-state index >= 15 is 0 Å². The molecule has 0 saturated heterocycles. The SMILES string of the molecule is N#Cc1cccc(F)c1.Oc1ncn2c1CCC2. The van der Waals surface area contributed by atoms with Crippen LogP contribution in [0, 0.1) is 17.1 Å². The highest BCUT2D eigenvalue weighted by molar-refractivity contribution is 5.28. The van der Waals surface area contributed by atoms with Crippen LogP contribution in [0.4, 0.5) is 4.39 Å². The van der Waals surface area contributed by atoms with Crippen molar-refractivity contribution in [3.05, 3.63) is 47.7 Å². The first kappa shape index (κ1) is 12.1. The van der Waals surface area contributed by atoms with Gasteiger partial charge in [-0.15, -0.1) is 0 Å². The minimum atomic E-state index is -0.367. The summed E-state index contributed by atoms with van der Waals surface area (Å²) >= 11 is 0. The lowest BCUT2D eigenvalue weighted by atomic mass is 10.2. The number of hydrogen-bond donors (Lipinski definition) is 1. The van der Waals surface area contributed by atoms with Gasteiger partial charge in [-0.3, -0.25) is 0 Å². The zero-order chi connectivity index (χ0) is 13.0. The fourth-order valence-electron chi connectivity index (χ4n) is 1.82. The number of benzene rings is 1. The van der Waals surface area contributed by atoms with E-state index in [0.29, 0.717) is 5.56 Å². The summed E-state index contributed by atoms with van der Waals surface area (Å²) in [5, 5.41) is 17.3. The molecule has 5 heteroatoms. The van der Waals surface area contributed by atoms with Gasteiger partial charge in [-0.2, -0.15) is 5.26 Å². The van der Waals surface area contributed by atoms with E-state index in [9.17, 15) is 4.39 Å². The predicted octanol–water partition coefficient (Wildman–Crippen LogP) is 2.23. The lowest BCUT2D eigenvalue weighted by Gasteiger charge is -1.89. The van der Waals surface area contributed by atoms with Crippen molar-refractivity contribution < 1.29 is 9.50 Å². The third-order valence-electron chi connectivity index (χ3n) is 2.69. The van der Waals surface area contributed by atoms with Gasteiger partial charge in [-0.1, -0.05) is 6.07 Å². The zero-order valence-electron chi connectivity index (χ0n) is 9.67. The van der Waals surface area contributed by atoms with Crippen LogP contribution in [0.15, 0.2) is 30.6 Å². The van der Waals surface area contributed by atoms with E-state index in [1.54, 1.807) is 12.4 Å². The molecule has 1 aliphatic rings. The number of nitriles is 1. The Morgan fingerprint density at radius 1 is 1.44 bits per heavy atom. The molecule has 2 heterocycles. The molecule has 0 saturated carbocycles. The summed E-state index contributed by atoms with van der Waals surface area (Å²) in [5.41, 5.74) is 1.35. The molecule has 1 aromatic heterocycles. The van der Waals surface area contributed by atoms with E-state index in [4.69, 9.17) is 10.4 Å². The van der Waals surface area contributed by atoms with Crippen molar-refractivity contribution in [2.24, 2.45) is 0 Å². The first-order valence-corrected chi connectivity index (χ1v) is 5.59. The van der Waals surface area contributed by atoms with Crippen molar-refractivity contribution in [1.82, 2.24) is 9.55 Å². The monoisotopic (exact) mass is 245 g/mol. The minimum absolute atomic E-state index is 0.215. The Morgan fingerprint density at radius 3 is 2.89 bits per heavy atom. The molecule has 18 heavy (non-hydrogen) atoms. The van der Waals surface area contributed by atoms with Gasteiger partial charge in [-0.05, 0) is 31.0 Å². The van der Waals surface area contributed by atoms with Crippen LogP contribution in [-0.4, -0.2) is 14.7 Å². The molecule has 0 atom stereocenters. The van der Waals surface area contributed by atoms with E-state index < -0.39 is 0 Å². The van der Waals surface area contributed by atoms with Crippen LogP contribution in [-0.2, 0) is 13.0 Å². The first-order chi connectivity index (χ1) is 8.70. The van der Waals surface area contributed by atoms with Crippen molar-refractivity contribution in [1.29, 1.82) is 5.26 Å². The van der Waals surface area contributed by atoms with E-state index in [-0.39, 0.29) is 11.7 Å². The summed E-state index contributed by atoms with van der Waals surface area (Å²) in [5.74, 6) is -0.151. The molecule has 0 spiro atoms. The maximum absolute atomic E-state index is 12.2. The smallest absolute Gasteiger partial charge is 0.232 e. The Hall–Kier alpha value is -2.35. The third kappa shape index (κ3) is 2.66. The summed E-state index contributed by atoms with van der Waals surface area (Å²) in [6, 6.07) is 7.40. The Balaban J connectivity index is 0.000000134. The molecule has 1 aromatic carbocycles. The van der Waals surface area contributed by atoms with Crippen molar-refractivity contribution >= 4 is 0 Å². The fraction of sp³-hybridized carbons (Fsp3) is 0.231. The van der Waals surface area contributed by atoms with Gasteiger partial charge in [0.15, 0.2) is 0 Å². The standard InChI is InChI=1S/C7H4FN.C6H8N2O/c8-7-3-1-2-6(4-7)5-9;9-6-5-2-1-3-8(5)4-7-6/h1-4H;4,9H,1-3H2. The Morgan fingerprint density at radius 2 is 2.28 bits per heavy atom. The molecule has 0 fully saturated rings. The highest BCUT2D eigenvalue weighted by Crippen LogP contribution is 2.21. The normalized spacial score (nSPS) is 12.2. The second-order valence-electron chi connectivity index (χ2n) is 3.93. The molecule has 1 aliphatic heterocycles. The van der Waals surface area contributed by atoms with Crippen molar-refractivity contribution in [2.75, 3.05) is 0 Å². The van der Waals surface area contributed by atoms with E-state index in [1.807, 2.05) is 10.6 Å². The number of nitrogens with zero attached hydrogens (tertiary/aromatic N) is 3. The molecule has 0 aliphatic carbocycles. The lowest BCUT2D eigenvalue weighted by molar-refractivity contribution is 0.450. The molecule has 4 nitrogen and oxygen atoms in total. The topological polar surface area (TPSA) is 61.8 Å². The largest absolute Gasteiger partial charge is 0.492 e. The van der Waals surface area contributed by atoms with Gasteiger partial charge < -0.3 is 9.67 Å². The summed E-state index contributed by atoms with van der Waals surface area (Å²) in [6.07, 6.45) is 3.81. The molecule has 0 unspecified atom stereocenters. The number of aromatic hydroxyl groups is 1. The number of aryl methyl sites for hydroxylation is 1. The van der Waals surface area contributed by atoms with Gasteiger partial charge in [0.2, 0.25) is 5.88 Å². The Labute approximate surface area is 104 Å². The van der Waals surface area contributed by atoms with E-state index in [1.165, 1.54) is 18.2 Å². The average Bonchev–Trinajstić information content (AvgIpc) is 2.96. The first-order valence-electron chi connectivity index (χ1n) is 5.59. The number of fused-ring (bicyclic) bond motifs is 1. The van der Waals surface area contributed by atoms with Crippen LogP contribution in [0.1, 0.15) is 17.7 Å². The van der Waals surface area contributed by atoms with Crippen molar-refractivity contribution in [2.45, 2.75) is 19.4 Å². The number of hydrogen-bond acceptors (Lipinski definition) is 3. The van der Waals surface area contributed by atoms with Crippen LogP contribution in [0.25, 0.3) is 0 Å². The predicted molar refractivity (Wildman–Crippen MR) is 63.3 cm³/mol. The maximum atomic E-state index is 12.2. The molecule has 1 N–H and O–H groups in total. The minimum Gasteiger partial charge on any atom is -0.492 e. The Kier molecular flexibility index (Phi) is 3.58. The van der Waals surface area contributed by atoms with Crippen LogP contribution in [0.5, 0.6) is 5.88 Å². The molecule has 0 radical (unpaired) electrons. The number of halogens is 1. The highest BCUT2D eigenvalue weighted by atomic mass is 19.1. The highest BCUT2D eigenvalue weighted by Gasteiger charge is 2.14. The van der Waals surface area contributed by atoms with Crippen molar-refractivity contribution in [3.63, 3.8) is 0 Å². The lowest BCUT2D eigenvalue weighted by Crippen LogP contribution is -1.86. The van der Waals surface area contributed by atoms with Gasteiger partial charge in [-0.25, -0.2) is 9.37 Å². The van der Waals surface area contributed by atoms with Gasteiger partial charge in [0.05, 0.1) is 23.7 Å². The summed E-state index contributed by atoms with van der Waals surface area (Å²) in [6.45, 7) is 1.02. The average molecular weight is 245 g/mol. The van der Waals surface area contributed by atoms with Gasteiger partial charge in [0.1, 0.15) is 5.82 Å². The molecular weight excluding hydrogens is 233 g/mol. The molecule has 3 rings (SSSR count). The molecule has 2 aromatic rings. The third-order valence-corrected chi connectivity index (χ3v) is 2.69. The number of aromatic nitrogens is 2. The van der Waals surface area contributed by atoms with Crippen LogP contribution in [0.2, 0.25) is 0 Å².